The monoisotopic (exact) mass is 554 g/mol. The Bertz CT molecular complexity index is 871. The average molecular weight is 553 g/mol. The first-order valence-corrected chi connectivity index (χ1v) is 11.6. The van der Waals surface area contributed by atoms with Gasteiger partial charge in [0.2, 0.25) is 0 Å². The van der Waals surface area contributed by atoms with E-state index in [9.17, 15) is 0 Å². The SMILES string of the molecule is CCCCCC1(C2(C)C(C)=C(C)C(C)=C2C)C=Cc2cc3c(cc21)CCCC3.[Hf]. The normalized spacial score (nSPS) is 24.6. The van der Waals surface area contributed by atoms with Crippen LogP contribution in [-0.2, 0) is 44.1 Å². The summed E-state index contributed by atoms with van der Waals surface area (Å²) in [6, 6.07) is 5.17. The fourth-order valence-electron chi connectivity index (χ4n) is 6.47. The van der Waals surface area contributed by atoms with Gasteiger partial charge in [-0.05, 0) is 93.2 Å². The Morgan fingerprint density at radius 3 is 2.03 bits per heavy atom. The third kappa shape index (κ3) is 3.26. The standard InChI is InChI=1S/C28H38.Hf/c1-7-8-11-15-28(27(6)21(4)19(2)20(3)22(27)5)16-14-25-17-23-12-9-10-13-24(23)18-26(25)28;/h14,16-18H,7-13,15H2,1-6H3;. The zero-order chi connectivity index (χ0) is 20.1. The number of rotatable bonds is 5. The number of hydrogen-bond acceptors (Lipinski definition) is 0. The van der Waals surface area contributed by atoms with Gasteiger partial charge in [0, 0.05) is 36.7 Å². The molecule has 3 aliphatic carbocycles. The molecule has 0 aliphatic heterocycles. The van der Waals surface area contributed by atoms with Crippen molar-refractivity contribution in [2.24, 2.45) is 5.41 Å². The molecule has 0 nitrogen and oxygen atoms in total. The van der Waals surface area contributed by atoms with Gasteiger partial charge in [0.25, 0.3) is 0 Å². The van der Waals surface area contributed by atoms with Crippen LogP contribution < -0.4 is 0 Å². The molecule has 0 saturated carbocycles. The van der Waals surface area contributed by atoms with Crippen LogP contribution in [0.2, 0.25) is 0 Å². The third-order valence-corrected chi connectivity index (χ3v) is 8.80. The van der Waals surface area contributed by atoms with Crippen LogP contribution in [-0.4, -0.2) is 0 Å². The number of aryl methyl sites for hydroxylation is 2. The van der Waals surface area contributed by atoms with Crippen LogP contribution in [0.25, 0.3) is 6.08 Å². The van der Waals surface area contributed by atoms with E-state index < -0.39 is 0 Å². The molecule has 1 unspecified atom stereocenters. The second-order valence-corrected chi connectivity index (χ2v) is 9.80. The predicted octanol–water partition coefficient (Wildman–Crippen LogP) is 8.10. The van der Waals surface area contributed by atoms with Crippen molar-refractivity contribution in [1.29, 1.82) is 0 Å². The first kappa shape index (κ1) is 23.0. The molecule has 0 N–H and O–H groups in total. The van der Waals surface area contributed by atoms with Gasteiger partial charge in [0.1, 0.15) is 0 Å². The molecular formula is C28H38Hf. The first-order chi connectivity index (χ1) is 13.4. The number of fused-ring (bicyclic) bond motifs is 2. The van der Waals surface area contributed by atoms with Gasteiger partial charge in [-0.25, -0.2) is 0 Å². The maximum Gasteiger partial charge on any atom is 0.0270 e. The molecule has 1 aromatic rings. The van der Waals surface area contributed by atoms with Gasteiger partial charge in [0.15, 0.2) is 0 Å². The Balaban J connectivity index is 0.00000240. The molecule has 1 aromatic carbocycles. The van der Waals surface area contributed by atoms with E-state index in [0.29, 0.717) is 0 Å². The summed E-state index contributed by atoms with van der Waals surface area (Å²) < 4.78 is 0. The Morgan fingerprint density at radius 1 is 0.862 bits per heavy atom. The number of hydrogen-bond donors (Lipinski definition) is 0. The van der Waals surface area contributed by atoms with E-state index in [0.717, 1.165) is 0 Å². The molecule has 29 heavy (non-hydrogen) atoms. The molecule has 0 amide bonds. The zero-order valence-electron chi connectivity index (χ0n) is 19.5. The Hall–Kier alpha value is -0.690. The molecule has 0 bridgehead atoms. The molecule has 0 saturated heterocycles. The first-order valence-electron chi connectivity index (χ1n) is 11.6. The van der Waals surface area contributed by atoms with E-state index in [-0.39, 0.29) is 36.7 Å². The predicted molar refractivity (Wildman–Crippen MR) is 123 cm³/mol. The van der Waals surface area contributed by atoms with Crippen molar-refractivity contribution < 1.29 is 25.8 Å². The van der Waals surface area contributed by atoms with Crippen molar-refractivity contribution in [2.45, 2.75) is 98.3 Å². The maximum absolute atomic E-state index is 2.63. The van der Waals surface area contributed by atoms with Crippen LogP contribution in [0.15, 0.2) is 40.5 Å². The molecule has 0 heterocycles. The van der Waals surface area contributed by atoms with Gasteiger partial charge in [-0.15, -0.1) is 0 Å². The number of benzene rings is 1. The Labute approximate surface area is 197 Å². The van der Waals surface area contributed by atoms with Gasteiger partial charge in [0.05, 0.1) is 0 Å². The smallest absolute Gasteiger partial charge is 0.0270 e. The van der Waals surface area contributed by atoms with Crippen LogP contribution in [0.3, 0.4) is 0 Å². The molecule has 0 radical (unpaired) electrons. The molecule has 3 aliphatic rings. The largest absolute Gasteiger partial charge is 0.0721 e. The van der Waals surface area contributed by atoms with E-state index in [1.165, 1.54) is 68.1 Å². The molecule has 4 rings (SSSR count). The molecule has 0 aromatic heterocycles. The van der Waals surface area contributed by atoms with Gasteiger partial charge in [-0.2, -0.15) is 0 Å². The van der Waals surface area contributed by atoms with Gasteiger partial charge in [-0.3, -0.25) is 0 Å². The van der Waals surface area contributed by atoms with Crippen molar-refractivity contribution in [1.82, 2.24) is 0 Å². The van der Waals surface area contributed by atoms with Gasteiger partial charge in [-0.1, -0.05) is 68.5 Å². The van der Waals surface area contributed by atoms with E-state index in [1.807, 2.05) is 0 Å². The van der Waals surface area contributed by atoms with Crippen LogP contribution in [0.4, 0.5) is 0 Å². The molecule has 154 valence electrons. The summed E-state index contributed by atoms with van der Waals surface area (Å²) in [7, 11) is 0. The zero-order valence-corrected chi connectivity index (χ0v) is 23.1. The molecule has 1 heteroatoms. The minimum Gasteiger partial charge on any atom is -0.0721 e. The second kappa shape index (κ2) is 8.45. The summed E-state index contributed by atoms with van der Waals surface area (Å²) >= 11 is 0. The number of allylic oxidation sites excluding steroid dienone is 5. The van der Waals surface area contributed by atoms with Crippen molar-refractivity contribution in [3.05, 3.63) is 62.8 Å². The van der Waals surface area contributed by atoms with Crippen LogP contribution in [0, 0.1) is 5.41 Å². The van der Waals surface area contributed by atoms with E-state index in [2.05, 4.69) is 65.8 Å². The quantitative estimate of drug-likeness (QED) is 0.256. The van der Waals surface area contributed by atoms with Gasteiger partial charge < -0.3 is 0 Å². The average Bonchev–Trinajstić information content (AvgIpc) is 3.14. The number of unbranched alkanes of at least 4 members (excludes halogenated alkanes) is 2. The summed E-state index contributed by atoms with van der Waals surface area (Å²) in [5.74, 6) is 0. The summed E-state index contributed by atoms with van der Waals surface area (Å²) in [6.45, 7) is 14.4. The summed E-state index contributed by atoms with van der Waals surface area (Å²) in [4.78, 5) is 0. The van der Waals surface area contributed by atoms with Crippen LogP contribution in [0.1, 0.15) is 102 Å². The van der Waals surface area contributed by atoms with Gasteiger partial charge >= 0.3 is 0 Å². The second-order valence-electron chi connectivity index (χ2n) is 9.80. The molecule has 0 fully saturated rings. The van der Waals surface area contributed by atoms with E-state index >= 15 is 0 Å². The fourth-order valence-corrected chi connectivity index (χ4v) is 6.47. The summed E-state index contributed by atoms with van der Waals surface area (Å²) in [6.07, 6.45) is 15.5. The van der Waals surface area contributed by atoms with E-state index in [1.54, 1.807) is 27.8 Å². The molecule has 1 atom stereocenters. The molecular weight excluding hydrogens is 515 g/mol. The molecule has 0 spiro atoms. The fraction of sp³-hybridized carbons (Fsp3) is 0.571. The Morgan fingerprint density at radius 2 is 1.45 bits per heavy atom. The minimum absolute atomic E-state index is 0. The third-order valence-electron chi connectivity index (χ3n) is 8.80. The summed E-state index contributed by atoms with van der Waals surface area (Å²) in [5.41, 5.74) is 12.8. The van der Waals surface area contributed by atoms with Crippen molar-refractivity contribution >= 4 is 6.08 Å². The minimum atomic E-state index is 0. The van der Waals surface area contributed by atoms with Crippen molar-refractivity contribution in [3.8, 4) is 0 Å². The van der Waals surface area contributed by atoms with Crippen LogP contribution >= 0.6 is 0 Å². The Kier molecular flexibility index (Phi) is 6.69. The van der Waals surface area contributed by atoms with Crippen LogP contribution in [0.5, 0.6) is 0 Å². The van der Waals surface area contributed by atoms with E-state index in [4.69, 9.17) is 0 Å². The topological polar surface area (TPSA) is 0 Å². The maximum atomic E-state index is 2.63. The van der Waals surface area contributed by atoms with Crippen molar-refractivity contribution in [3.63, 3.8) is 0 Å². The van der Waals surface area contributed by atoms with Crippen molar-refractivity contribution in [2.75, 3.05) is 0 Å². The summed E-state index contributed by atoms with van der Waals surface area (Å²) in [5, 5.41) is 0.